The van der Waals surface area contributed by atoms with Crippen molar-refractivity contribution in [1.82, 2.24) is 4.57 Å². The van der Waals surface area contributed by atoms with Crippen LogP contribution in [0.15, 0.2) is 18.7 Å². The molecule has 1 aromatic rings. The molecule has 272 valence electrons. The molecule has 0 bridgehead atoms. The second-order valence-electron chi connectivity index (χ2n) is 9.20. The Morgan fingerprint density at radius 3 is 1.00 bits per heavy atom. The van der Waals surface area contributed by atoms with Crippen molar-refractivity contribution in [2.75, 3.05) is 0 Å². The van der Waals surface area contributed by atoms with Gasteiger partial charge in [0.25, 0.3) is 0 Å². The Bertz CT molecular complexity index is 1220. The van der Waals surface area contributed by atoms with Crippen LogP contribution in [0.4, 0.5) is 110 Å². The first kappa shape index (κ1) is 41.5. The summed E-state index contributed by atoms with van der Waals surface area (Å²) in [5, 5.41) is 0. The number of hydrogen-bond donors (Lipinski definition) is 0. The highest BCUT2D eigenvalue weighted by molar-refractivity contribution is 5.19. The molecule has 0 aliphatic heterocycles. The molecule has 1 rings (SSSR count). The summed E-state index contributed by atoms with van der Waals surface area (Å²) in [7, 11) is 0. The number of unbranched alkanes of at least 4 members (excludes halogenated alkanes) is 1. The third-order valence-electron chi connectivity index (χ3n) is 6.07. The fraction of sp³-hybridized carbons (Fsp3) is 0.842. The molecule has 0 unspecified atom stereocenters. The summed E-state index contributed by atoms with van der Waals surface area (Å²) in [4.78, 5) is 0. The van der Waals surface area contributed by atoms with E-state index >= 15 is 0 Å². The molecule has 0 spiro atoms. The van der Waals surface area contributed by atoms with E-state index in [1.165, 1.54) is 6.92 Å². The van der Waals surface area contributed by atoms with E-state index in [0.29, 0.717) is 10.8 Å². The summed E-state index contributed by atoms with van der Waals surface area (Å²) >= 11 is 0. The van der Waals surface area contributed by atoms with Gasteiger partial charge < -0.3 is 0 Å². The highest BCUT2D eigenvalue weighted by Crippen LogP contribution is 2.68. The molecule has 2 nitrogen and oxygen atoms in total. The van der Waals surface area contributed by atoms with Crippen LogP contribution in [-0.2, 0) is 12.6 Å². The minimum absolute atomic E-state index is 0.00382. The first-order valence-corrected chi connectivity index (χ1v) is 11.1. The molecule has 0 saturated carbocycles. The van der Waals surface area contributed by atoms with Gasteiger partial charge in [0.2, 0.25) is 6.33 Å². The first-order chi connectivity index (χ1) is 19.8. The number of aryl methyl sites for hydroxylation is 1. The Morgan fingerprint density at radius 2 is 0.717 bits per heavy atom. The lowest BCUT2D eigenvalue weighted by atomic mass is 9.85. The zero-order chi connectivity index (χ0) is 37.4. The first-order valence-electron chi connectivity index (χ1n) is 11.1. The van der Waals surface area contributed by atoms with Crippen molar-refractivity contribution in [2.24, 2.45) is 0 Å². The number of halogens is 25. The van der Waals surface area contributed by atoms with Crippen molar-refractivity contribution in [3.05, 3.63) is 18.7 Å². The van der Waals surface area contributed by atoms with Crippen molar-refractivity contribution in [1.29, 1.82) is 0 Å². The van der Waals surface area contributed by atoms with Crippen LogP contribution in [0.2, 0.25) is 0 Å². The maximum Gasteiger partial charge on any atom is 0.469 e. The monoisotopic (exact) mass is 743 g/mol. The summed E-state index contributed by atoms with van der Waals surface area (Å²) in [5.41, 5.74) is 0. The number of imidazole rings is 1. The molecule has 0 N–H and O–H groups in total. The zero-order valence-electron chi connectivity index (χ0n) is 21.2. The normalized spacial score (nSPS) is 16.3. The maximum atomic E-state index is 14.2. The molecule has 0 saturated heterocycles. The van der Waals surface area contributed by atoms with E-state index < -0.39 is 82.6 Å². The third kappa shape index (κ3) is 5.09. The zero-order valence-corrected chi connectivity index (χ0v) is 21.2. The van der Waals surface area contributed by atoms with Gasteiger partial charge in [-0.25, -0.2) is 4.57 Å². The van der Waals surface area contributed by atoms with Crippen LogP contribution >= 0.6 is 0 Å². The number of alkyl halides is 25. The Morgan fingerprint density at radius 1 is 0.435 bits per heavy atom. The fourth-order valence-corrected chi connectivity index (χ4v) is 3.14. The smallest absolute Gasteiger partial charge is 0.237 e. The van der Waals surface area contributed by atoms with Gasteiger partial charge in [-0.05, 0) is 6.42 Å². The third-order valence-corrected chi connectivity index (χ3v) is 6.07. The number of nitrogens with zero attached hydrogens (tertiary/aromatic N) is 2. The van der Waals surface area contributed by atoms with E-state index in [4.69, 9.17) is 0 Å². The quantitative estimate of drug-likeness (QED) is 0.133. The summed E-state index contributed by atoms with van der Waals surface area (Å²) in [6, 6.07) is -6.98. The standard InChI is InChI=1S/C19H12F25N2/c1-2-3-4-45-5-6-46(7-45)19(43,44)17(38,39)15(34,35)13(30,31)11(26,27)9(22,23)8(20,21)10(24,25)12(28,29)14(32,33)16(36,37)18(40,41)42/h5-7H,2-4H2,1H3/q+1. The molecular weight excluding hydrogens is 731 g/mol. The number of aromatic nitrogens is 2. The van der Waals surface area contributed by atoms with Crippen molar-refractivity contribution < 1.29 is 114 Å². The molecular formula is C19H12F25N2+. The van der Waals surface area contributed by atoms with E-state index in [2.05, 4.69) is 0 Å². The maximum absolute atomic E-state index is 14.2. The van der Waals surface area contributed by atoms with Gasteiger partial charge in [0.15, 0.2) is 0 Å². The van der Waals surface area contributed by atoms with Crippen LogP contribution < -0.4 is 4.57 Å². The molecule has 0 aliphatic carbocycles. The van der Waals surface area contributed by atoms with E-state index in [-0.39, 0.29) is 25.4 Å². The Kier molecular flexibility index (Phi) is 9.92. The lowest BCUT2D eigenvalue weighted by molar-refractivity contribution is -0.697. The second-order valence-corrected chi connectivity index (χ2v) is 9.20. The largest absolute Gasteiger partial charge is 0.469 e. The van der Waals surface area contributed by atoms with Crippen LogP contribution in [0, 0.1) is 0 Å². The summed E-state index contributed by atoms with van der Waals surface area (Å²) < 4.78 is 337. The van der Waals surface area contributed by atoms with E-state index in [9.17, 15) is 110 Å². The average Bonchev–Trinajstić information content (AvgIpc) is 3.35. The fourth-order valence-electron chi connectivity index (χ4n) is 3.14. The highest BCUT2D eigenvalue weighted by atomic mass is 19.4. The average molecular weight is 743 g/mol. The van der Waals surface area contributed by atoms with E-state index in [0.717, 1.165) is 0 Å². The van der Waals surface area contributed by atoms with Gasteiger partial charge >= 0.3 is 71.4 Å². The van der Waals surface area contributed by atoms with E-state index in [1.807, 2.05) is 0 Å². The van der Waals surface area contributed by atoms with E-state index in [1.54, 1.807) is 0 Å². The highest BCUT2D eigenvalue weighted by Gasteiger charge is 3.00. The summed E-state index contributed by atoms with van der Waals surface area (Å²) in [6.45, 7) is 1.01. The minimum Gasteiger partial charge on any atom is -0.237 e. The summed E-state index contributed by atoms with van der Waals surface area (Å²) in [5.74, 6) is -91.5. The molecule has 0 aliphatic rings. The molecule has 1 aromatic heterocycles. The molecule has 0 atom stereocenters. The Balaban J connectivity index is 3.85. The Labute approximate surface area is 236 Å². The van der Waals surface area contributed by atoms with Crippen LogP contribution in [0.5, 0.6) is 0 Å². The van der Waals surface area contributed by atoms with Crippen LogP contribution in [0.3, 0.4) is 0 Å². The topological polar surface area (TPSA) is 8.81 Å². The van der Waals surface area contributed by atoms with Gasteiger partial charge in [-0.2, -0.15) is 114 Å². The van der Waals surface area contributed by atoms with Gasteiger partial charge in [-0.15, -0.1) is 0 Å². The molecule has 0 amide bonds. The van der Waals surface area contributed by atoms with Gasteiger partial charge in [-0.3, -0.25) is 0 Å². The molecule has 46 heavy (non-hydrogen) atoms. The molecule has 1 heterocycles. The van der Waals surface area contributed by atoms with Crippen molar-refractivity contribution in [2.45, 2.75) is 97.8 Å². The molecule has 0 fully saturated rings. The lowest BCUT2D eigenvalue weighted by Crippen LogP contribution is -2.78. The summed E-state index contributed by atoms with van der Waals surface area (Å²) in [6.07, 6.45) is -8.28. The van der Waals surface area contributed by atoms with Crippen molar-refractivity contribution in [3.63, 3.8) is 0 Å². The van der Waals surface area contributed by atoms with Gasteiger partial charge in [0, 0.05) is 0 Å². The molecule has 0 radical (unpaired) electrons. The predicted molar refractivity (Wildman–Crippen MR) is 95.3 cm³/mol. The second kappa shape index (κ2) is 11.0. The Hall–Kier alpha value is -2.54. The van der Waals surface area contributed by atoms with Crippen molar-refractivity contribution in [3.8, 4) is 0 Å². The molecule has 0 aromatic carbocycles. The lowest BCUT2D eigenvalue weighted by Gasteiger charge is -2.45. The van der Waals surface area contributed by atoms with Crippen molar-refractivity contribution >= 4 is 0 Å². The van der Waals surface area contributed by atoms with Crippen LogP contribution in [-0.4, -0.2) is 70.0 Å². The SMILES string of the molecule is CCCC[n+]1ccn(C(F)(F)C(F)(F)C(F)(F)C(F)(F)C(F)(F)C(F)(F)C(F)(F)C(F)(F)C(F)(F)C(F)(F)C(F)(F)C(F)(F)F)c1. The van der Waals surface area contributed by atoms with Gasteiger partial charge in [-0.1, -0.05) is 13.3 Å². The van der Waals surface area contributed by atoms with Crippen LogP contribution in [0.1, 0.15) is 19.8 Å². The van der Waals surface area contributed by atoms with Gasteiger partial charge in [0.05, 0.1) is 6.54 Å². The number of hydrogen-bond acceptors (Lipinski definition) is 0. The van der Waals surface area contributed by atoms with Gasteiger partial charge in [0.1, 0.15) is 12.4 Å². The molecule has 27 heteroatoms. The predicted octanol–water partition coefficient (Wildman–Crippen LogP) is 9.04. The van der Waals surface area contributed by atoms with Crippen LogP contribution in [0.25, 0.3) is 0 Å². The number of rotatable bonds is 14. The minimum atomic E-state index is -9.60.